The molecule has 23 heavy (non-hydrogen) atoms. The van der Waals surface area contributed by atoms with E-state index in [4.69, 9.17) is 5.26 Å². The Hall–Kier alpha value is -2.94. The van der Waals surface area contributed by atoms with Crippen molar-refractivity contribution >= 4 is 11.6 Å². The van der Waals surface area contributed by atoms with Crippen LogP contribution in [0.4, 0.5) is 10.1 Å². The lowest BCUT2D eigenvalue weighted by Crippen LogP contribution is -2.18. The highest BCUT2D eigenvalue weighted by atomic mass is 19.1. The second-order valence-electron chi connectivity index (χ2n) is 5.20. The van der Waals surface area contributed by atoms with Gasteiger partial charge >= 0.3 is 0 Å². The van der Waals surface area contributed by atoms with Crippen LogP contribution in [0.2, 0.25) is 0 Å². The van der Waals surface area contributed by atoms with Crippen LogP contribution in [-0.2, 0) is 11.2 Å². The van der Waals surface area contributed by atoms with E-state index in [2.05, 4.69) is 10.3 Å². The number of nitriles is 1. The van der Waals surface area contributed by atoms with Crippen LogP contribution in [-0.4, -0.2) is 10.9 Å². The van der Waals surface area contributed by atoms with Crippen LogP contribution in [0.1, 0.15) is 28.8 Å². The third-order valence-electron chi connectivity index (χ3n) is 3.67. The van der Waals surface area contributed by atoms with E-state index in [1.165, 1.54) is 12.1 Å². The summed E-state index contributed by atoms with van der Waals surface area (Å²) in [7, 11) is 0. The van der Waals surface area contributed by atoms with Crippen LogP contribution in [0, 0.1) is 31.0 Å². The van der Waals surface area contributed by atoms with E-state index in [-0.39, 0.29) is 23.6 Å². The first kappa shape index (κ1) is 16.4. The van der Waals surface area contributed by atoms with Crippen molar-refractivity contribution in [2.75, 3.05) is 5.32 Å². The number of aromatic nitrogens is 1. The number of H-pyrrole nitrogens is 1. The van der Waals surface area contributed by atoms with Gasteiger partial charge in [-0.05, 0) is 43.5 Å². The number of rotatable bonds is 4. The lowest BCUT2D eigenvalue weighted by molar-refractivity contribution is -0.116. The third kappa shape index (κ3) is 3.64. The van der Waals surface area contributed by atoms with Gasteiger partial charge in [-0.1, -0.05) is 12.1 Å². The zero-order valence-electron chi connectivity index (χ0n) is 12.9. The molecule has 118 valence electrons. The Morgan fingerprint density at radius 1 is 1.35 bits per heavy atom. The van der Waals surface area contributed by atoms with Gasteiger partial charge in [0, 0.05) is 12.1 Å². The monoisotopic (exact) mass is 313 g/mol. The molecule has 2 rings (SSSR count). The van der Waals surface area contributed by atoms with Gasteiger partial charge in [-0.15, -0.1) is 0 Å². The summed E-state index contributed by atoms with van der Waals surface area (Å²) in [6.45, 7) is 3.41. The molecule has 6 heteroatoms. The van der Waals surface area contributed by atoms with Crippen molar-refractivity contribution in [2.24, 2.45) is 0 Å². The normalized spacial score (nSPS) is 10.2. The van der Waals surface area contributed by atoms with Crippen molar-refractivity contribution in [3.05, 3.63) is 62.8 Å². The molecule has 0 spiro atoms. The Bertz CT molecular complexity index is 850. The molecule has 0 radical (unpaired) electrons. The molecule has 0 aliphatic rings. The molecular formula is C17H16FN3O2. The van der Waals surface area contributed by atoms with Gasteiger partial charge < -0.3 is 10.3 Å². The molecule has 0 saturated carbocycles. The zero-order valence-corrected chi connectivity index (χ0v) is 12.9. The fourth-order valence-corrected chi connectivity index (χ4v) is 2.43. The summed E-state index contributed by atoms with van der Waals surface area (Å²) in [4.78, 5) is 26.2. The summed E-state index contributed by atoms with van der Waals surface area (Å²) in [5.41, 5.74) is 1.72. The standard InChI is InChI=1S/C17H16FN3O2/c1-10-12(11(2)20-17(23)13(10)9-19)7-8-16(22)21-15-6-4-3-5-14(15)18/h3-6H,7-8H2,1-2H3,(H,20,23)(H,21,22). The molecule has 0 bridgehead atoms. The largest absolute Gasteiger partial charge is 0.325 e. The number of hydrogen-bond donors (Lipinski definition) is 2. The SMILES string of the molecule is Cc1[nH]c(=O)c(C#N)c(C)c1CCC(=O)Nc1ccccc1F. The molecule has 0 unspecified atom stereocenters. The first-order valence-corrected chi connectivity index (χ1v) is 7.11. The molecule has 0 fully saturated rings. The number of benzene rings is 1. The average molecular weight is 313 g/mol. The van der Waals surface area contributed by atoms with Gasteiger partial charge in [-0.25, -0.2) is 4.39 Å². The van der Waals surface area contributed by atoms with Crippen molar-refractivity contribution in [3.8, 4) is 6.07 Å². The molecule has 2 aromatic rings. The maximum absolute atomic E-state index is 13.5. The number of carbonyl (C=O) groups is 1. The maximum Gasteiger partial charge on any atom is 0.266 e. The van der Waals surface area contributed by atoms with Crippen LogP contribution in [0.5, 0.6) is 0 Å². The van der Waals surface area contributed by atoms with Crippen LogP contribution in [0.15, 0.2) is 29.1 Å². The van der Waals surface area contributed by atoms with Crippen molar-refractivity contribution in [1.29, 1.82) is 5.26 Å². The van der Waals surface area contributed by atoms with Crippen molar-refractivity contribution in [1.82, 2.24) is 4.98 Å². The van der Waals surface area contributed by atoms with E-state index in [9.17, 15) is 14.0 Å². The van der Waals surface area contributed by atoms with Crippen LogP contribution in [0.3, 0.4) is 0 Å². The topological polar surface area (TPSA) is 85.8 Å². The molecule has 1 aromatic heterocycles. The van der Waals surface area contributed by atoms with E-state index in [1.807, 2.05) is 6.07 Å². The summed E-state index contributed by atoms with van der Waals surface area (Å²) < 4.78 is 13.5. The second-order valence-corrected chi connectivity index (χ2v) is 5.20. The van der Waals surface area contributed by atoms with Gasteiger partial charge in [0.15, 0.2) is 0 Å². The number of hydrogen-bond acceptors (Lipinski definition) is 3. The zero-order chi connectivity index (χ0) is 17.0. The number of carbonyl (C=O) groups excluding carboxylic acids is 1. The number of halogens is 1. The molecular weight excluding hydrogens is 297 g/mol. The highest BCUT2D eigenvalue weighted by Gasteiger charge is 2.14. The maximum atomic E-state index is 13.5. The van der Waals surface area contributed by atoms with Crippen LogP contribution < -0.4 is 10.9 Å². The van der Waals surface area contributed by atoms with Gasteiger partial charge in [0.25, 0.3) is 5.56 Å². The lowest BCUT2D eigenvalue weighted by Gasteiger charge is -2.11. The Kier molecular flexibility index (Phi) is 4.91. The predicted octanol–water partition coefficient (Wildman–Crippen LogP) is 2.57. The summed E-state index contributed by atoms with van der Waals surface area (Å²) in [6, 6.07) is 7.80. The minimum atomic E-state index is -0.496. The Balaban J connectivity index is 2.13. The predicted molar refractivity (Wildman–Crippen MR) is 84.6 cm³/mol. The van der Waals surface area contributed by atoms with E-state index in [1.54, 1.807) is 26.0 Å². The third-order valence-corrected chi connectivity index (χ3v) is 3.67. The summed E-state index contributed by atoms with van der Waals surface area (Å²) in [5.74, 6) is -0.831. The summed E-state index contributed by atoms with van der Waals surface area (Å²) >= 11 is 0. The van der Waals surface area contributed by atoms with Crippen molar-refractivity contribution in [3.63, 3.8) is 0 Å². The molecule has 0 aliphatic heterocycles. The Morgan fingerprint density at radius 2 is 2.04 bits per heavy atom. The minimum absolute atomic E-state index is 0.0557. The van der Waals surface area contributed by atoms with Crippen molar-refractivity contribution in [2.45, 2.75) is 26.7 Å². The molecule has 0 aliphatic carbocycles. The highest BCUT2D eigenvalue weighted by Crippen LogP contribution is 2.16. The first-order chi connectivity index (χ1) is 10.9. The quantitative estimate of drug-likeness (QED) is 0.909. The number of anilines is 1. The van der Waals surface area contributed by atoms with Crippen molar-refractivity contribution < 1.29 is 9.18 Å². The molecule has 1 aromatic carbocycles. The summed E-state index contributed by atoms with van der Waals surface area (Å²) in [6.07, 6.45) is 0.469. The molecule has 5 nitrogen and oxygen atoms in total. The van der Waals surface area contributed by atoms with Gasteiger partial charge in [0.2, 0.25) is 5.91 Å². The Labute approximate surface area is 132 Å². The van der Waals surface area contributed by atoms with Gasteiger partial charge in [0.1, 0.15) is 17.4 Å². The number of amides is 1. The smallest absolute Gasteiger partial charge is 0.266 e. The first-order valence-electron chi connectivity index (χ1n) is 7.11. The fourth-order valence-electron chi connectivity index (χ4n) is 2.43. The Morgan fingerprint density at radius 3 is 2.70 bits per heavy atom. The second kappa shape index (κ2) is 6.88. The van der Waals surface area contributed by atoms with Crippen LogP contribution in [0.25, 0.3) is 0 Å². The van der Waals surface area contributed by atoms with Gasteiger partial charge in [-0.3, -0.25) is 9.59 Å². The number of aryl methyl sites for hydroxylation is 1. The molecule has 0 atom stereocenters. The number of nitrogens with zero attached hydrogens (tertiary/aromatic N) is 1. The summed E-state index contributed by atoms with van der Waals surface area (Å²) in [5, 5.41) is 11.5. The van der Waals surface area contributed by atoms with E-state index in [0.717, 1.165) is 5.56 Å². The molecule has 0 saturated heterocycles. The number of aromatic amines is 1. The number of nitrogens with one attached hydrogen (secondary N) is 2. The van der Waals surface area contributed by atoms with Crippen LogP contribution >= 0.6 is 0 Å². The average Bonchev–Trinajstić information content (AvgIpc) is 2.49. The highest BCUT2D eigenvalue weighted by molar-refractivity contribution is 5.90. The van der Waals surface area contributed by atoms with E-state index >= 15 is 0 Å². The molecule has 1 heterocycles. The molecule has 2 N–H and O–H groups in total. The lowest BCUT2D eigenvalue weighted by atomic mass is 9.99. The van der Waals surface area contributed by atoms with Gasteiger partial charge in [0.05, 0.1) is 5.69 Å². The molecule has 1 amide bonds. The van der Waals surface area contributed by atoms with E-state index < -0.39 is 11.4 Å². The number of para-hydroxylation sites is 1. The fraction of sp³-hybridized carbons (Fsp3) is 0.235. The minimum Gasteiger partial charge on any atom is -0.325 e. The number of pyridine rings is 1. The van der Waals surface area contributed by atoms with E-state index in [0.29, 0.717) is 17.7 Å². The van der Waals surface area contributed by atoms with Gasteiger partial charge in [-0.2, -0.15) is 5.26 Å².